The summed E-state index contributed by atoms with van der Waals surface area (Å²) in [4.78, 5) is 83.9. The topological polar surface area (TPSA) is 177 Å². The first-order valence-corrected chi connectivity index (χ1v) is 55.2. The number of unbranched alkanes of at least 4 members (excludes halogenated alkanes) is 42. The van der Waals surface area contributed by atoms with Crippen LogP contribution in [0.15, 0.2) is 0 Å². The second-order valence-electron chi connectivity index (χ2n) is 38.1. The van der Waals surface area contributed by atoms with Crippen molar-refractivity contribution < 1.29 is 57.2 Å². The molecule has 0 aromatic rings. The van der Waals surface area contributed by atoms with E-state index in [0.29, 0.717) is 78.2 Å². The second kappa shape index (κ2) is 97.6. The number of likely N-dealkylation sites (tertiary alicyclic amines) is 6. The molecule has 126 heavy (non-hydrogen) atoms. The van der Waals surface area contributed by atoms with E-state index in [2.05, 4.69) is 70.9 Å². The van der Waals surface area contributed by atoms with E-state index in [-0.39, 0.29) is 35.8 Å². The molecule has 0 aromatic carbocycles. The maximum atomic E-state index is 11.7. The SMILES string of the molecule is CCCCCC(=O)OCCN1CCCCC1.CCCCCCCC(=O)OCCN1CCCCC1.CCCCCCCCCC(=O)OCCN1CCCCC1.CCCCCCCCCCCC(=O)OCCN1CCCCC1.CCCCCCCCCCCCCC(=O)OCCN1CCCCC1.CCCCCCCCCCCCCCCC(=O)OCCN1CCCCC1. The number of carbonyl (C=O) groups excluding carboxylic acids is 6. The van der Waals surface area contributed by atoms with Crippen LogP contribution in [0, 0.1) is 0 Å². The number of carbonyl (C=O) groups is 6. The summed E-state index contributed by atoms with van der Waals surface area (Å²) in [7, 11) is 0. The van der Waals surface area contributed by atoms with Crippen molar-refractivity contribution in [2.45, 2.75) is 504 Å². The zero-order valence-electron chi connectivity index (χ0n) is 84.5. The third kappa shape index (κ3) is 87.2. The van der Waals surface area contributed by atoms with Gasteiger partial charge >= 0.3 is 35.8 Å². The van der Waals surface area contributed by atoms with Crippen LogP contribution >= 0.6 is 0 Å². The summed E-state index contributed by atoms with van der Waals surface area (Å²) < 4.78 is 31.9. The first-order chi connectivity index (χ1) is 62.0. The number of piperidine rings is 6. The summed E-state index contributed by atoms with van der Waals surface area (Å²) in [6, 6.07) is 0. The molecule has 0 aliphatic carbocycles. The molecule has 6 aliphatic heterocycles. The molecule has 0 N–H and O–H groups in total. The summed E-state index contributed by atoms with van der Waals surface area (Å²) in [6.45, 7) is 36.5. The molecule has 6 heterocycles. The van der Waals surface area contributed by atoms with Gasteiger partial charge in [-0.05, 0) is 194 Å². The monoisotopic (exact) mass is 1780 g/mol. The third-order valence-corrected chi connectivity index (χ3v) is 26.1. The van der Waals surface area contributed by atoms with Gasteiger partial charge in [-0.15, -0.1) is 0 Å². The Morgan fingerprint density at radius 1 is 0.151 bits per heavy atom. The van der Waals surface area contributed by atoms with Crippen molar-refractivity contribution >= 4 is 35.8 Å². The predicted molar refractivity (Wildman–Crippen MR) is 531 cm³/mol. The van der Waals surface area contributed by atoms with Crippen LogP contribution in [0.2, 0.25) is 0 Å². The molecule has 6 saturated heterocycles. The smallest absolute Gasteiger partial charge is 0.305 e. The Labute approximate surface area is 779 Å². The molecule has 0 saturated carbocycles. The summed E-state index contributed by atoms with van der Waals surface area (Å²) in [5.41, 5.74) is 0. The van der Waals surface area contributed by atoms with E-state index in [0.717, 1.165) is 97.1 Å². The molecule has 0 aromatic heterocycles. The summed E-state index contributed by atoms with van der Waals surface area (Å²) in [6.07, 6.45) is 88.8. The summed E-state index contributed by atoms with van der Waals surface area (Å²) in [5, 5.41) is 0. The average Bonchev–Trinajstić information content (AvgIpc) is 0.982. The van der Waals surface area contributed by atoms with E-state index in [1.165, 1.54) is 445 Å². The summed E-state index contributed by atoms with van der Waals surface area (Å²) >= 11 is 0. The van der Waals surface area contributed by atoms with Crippen LogP contribution < -0.4 is 0 Å². The second-order valence-corrected chi connectivity index (χ2v) is 38.1. The summed E-state index contributed by atoms with van der Waals surface area (Å²) in [5.74, 6) is -0.0301. The molecule has 0 unspecified atom stereocenters. The molecule has 6 rings (SSSR count). The standard InChI is InChI=1S/C23H45NO2.C21H41NO2.C19H37NO2.C17H33NO2.C15H29NO2.C13H25NO2/c1-2-3-4-5-6-7-8-9-10-11-12-13-15-18-23(25)26-22-21-24-19-16-14-17-20-24;1-2-3-4-5-6-7-8-9-10-11-13-16-21(23)24-20-19-22-17-14-12-15-18-22;1-2-3-4-5-6-7-8-9-11-14-19(21)22-18-17-20-15-12-10-13-16-20;1-2-3-4-5-6-7-9-12-17(19)20-16-15-18-13-10-8-11-14-18;1-2-3-4-5-7-10-15(17)18-14-13-16-11-8-6-9-12-16;1-2-3-5-8-13(15)16-12-11-14-9-6-4-7-10-14/h2-22H2,1H3;2-20H2,1H3;2-18H2,1H3;2-16H2,1H3;2-14H2,1H3;2-12H2,1H3. The van der Waals surface area contributed by atoms with Gasteiger partial charge in [0.05, 0.1) is 0 Å². The predicted octanol–water partition coefficient (Wildman–Crippen LogP) is 27.3. The molecule has 0 bridgehead atoms. The van der Waals surface area contributed by atoms with E-state index in [1.807, 2.05) is 0 Å². The fourth-order valence-corrected chi connectivity index (χ4v) is 17.7. The quantitative estimate of drug-likeness (QED) is 0.0319. The fraction of sp³-hybridized carbons (Fsp3) is 0.944. The molecular formula is C108H210N6O12. The van der Waals surface area contributed by atoms with E-state index in [1.54, 1.807) is 0 Å². The number of rotatable bonds is 72. The van der Waals surface area contributed by atoms with Gasteiger partial charge in [0, 0.05) is 77.8 Å². The van der Waals surface area contributed by atoms with Crippen LogP contribution in [-0.2, 0) is 57.2 Å². The van der Waals surface area contributed by atoms with Crippen LogP contribution in [-0.4, -0.2) is 223 Å². The van der Waals surface area contributed by atoms with Crippen molar-refractivity contribution in [3.8, 4) is 0 Å². The zero-order valence-corrected chi connectivity index (χ0v) is 84.5. The molecule has 0 amide bonds. The van der Waals surface area contributed by atoms with Crippen molar-refractivity contribution in [1.29, 1.82) is 0 Å². The van der Waals surface area contributed by atoms with Crippen LogP contribution in [0.4, 0.5) is 0 Å². The maximum absolute atomic E-state index is 11.7. The Morgan fingerprint density at radius 2 is 0.254 bits per heavy atom. The van der Waals surface area contributed by atoms with Crippen molar-refractivity contribution in [2.75, 3.05) is 157 Å². The number of ether oxygens (including phenoxy) is 6. The molecule has 18 heteroatoms. The lowest BCUT2D eigenvalue weighted by Crippen LogP contribution is -2.33. The van der Waals surface area contributed by atoms with Crippen LogP contribution in [0.3, 0.4) is 0 Å². The highest BCUT2D eigenvalue weighted by molar-refractivity contribution is 5.71. The lowest BCUT2D eigenvalue weighted by atomic mass is 10.0. The van der Waals surface area contributed by atoms with Gasteiger partial charge in [-0.1, -0.05) is 350 Å². The Bertz CT molecular complexity index is 2300. The molecule has 744 valence electrons. The van der Waals surface area contributed by atoms with Gasteiger partial charge in [-0.2, -0.15) is 0 Å². The zero-order chi connectivity index (χ0) is 91.1. The van der Waals surface area contributed by atoms with Gasteiger partial charge < -0.3 is 28.4 Å². The molecular weight excluding hydrogens is 1570 g/mol. The highest BCUT2D eigenvalue weighted by Crippen LogP contribution is 2.20. The lowest BCUT2D eigenvalue weighted by molar-refractivity contribution is -0.145. The Hall–Kier alpha value is -3.42. The first-order valence-electron chi connectivity index (χ1n) is 55.2. The Balaban J connectivity index is 0.000000761. The van der Waals surface area contributed by atoms with Gasteiger partial charge in [0.25, 0.3) is 0 Å². The van der Waals surface area contributed by atoms with Gasteiger partial charge in [0.1, 0.15) is 39.6 Å². The molecule has 0 radical (unpaired) electrons. The fourth-order valence-electron chi connectivity index (χ4n) is 17.7. The van der Waals surface area contributed by atoms with Gasteiger partial charge in [0.2, 0.25) is 0 Å². The number of hydrogen-bond donors (Lipinski definition) is 0. The van der Waals surface area contributed by atoms with Gasteiger partial charge in [-0.25, -0.2) is 0 Å². The van der Waals surface area contributed by atoms with E-state index in [4.69, 9.17) is 28.4 Å². The van der Waals surface area contributed by atoms with Crippen LogP contribution in [0.5, 0.6) is 0 Å². The Kier molecular flexibility index (Phi) is 93.4. The van der Waals surface area contributed by atoms with E-state index < -0.39 is 0 Å². The average molecular weight is 1780 g/mol. The van der Waals surface area contributed by atoms with Gasteiger partial charge in [0.15, 0.2) is 0 Å². The molecule has 18 nitrogen and oxygen atoms in total. The number of esters is 6. The van der Waals surface area contributed by atoms with Crippen molar-refractivity contribution in [1.82, 2.24) is 29.4 Å². The third-order valence-electron chi connectivity index (χ3n) is 26.1. The van der Waals surface area contributed by atoms with Crippen molar-refractivity contribution in [3.63, 3.8) is 0 Å². The molecule has 6 aliphatic rings. The molecule has 0 spiro atoms. The number of nitrogens with zero attached hydrogens (tertiary/aromatic N) is 6. The van der Waals surface area contributed by atoms with E-state index >= 15 is 0 Å². The Morgan fingerprint density at radius 3 is 0.381 bits per heavy atom. The first kappa shape index (κ1) is 121. The maximum Gasteiger partial charge on any atom is 0.305 e. The molecule has 0 atom stereocenters. The minimum absolute atomic E-state index is 0.0000415. The van der Waals surface area contributed by atoms with Crippen molar-refractivity contribution in [2.24, 2.45) is 0 Å². The van der Waals surface area contributed by atoms with E-state index in [9.17, 15) is 28.8 Å². The largest absolute Gasteiger partial charge is 0.464 e. The normalized spacial score (nSPS) is 16.0. The van der Waals surface area contributed by atoms with Crippen LogP contribution in [0.1, 0.15) is 504 Å². The highest BCUT2D eigenvalue weighted by atomic mass is 16.6. The minimum Gasteiger partial charge on any atom is -0.464 e. The number of hydrogen-bond acceptors (Lipinski definition) is 18. The minimum atomic E-state index is -0.0227. The van der Waals surface area contributed by atoms with Gasteiger partial charge in [-0.3, -0.25) is 58.2 Å². The lowest BCUT2D eigenvalue weighted by Gasteiger charge is -2.25. The van der Waals surface area contributed by atoms with Crippen LogP contribution in [0.25, 0.3) is 0 Å². The highest BCUT2D eigenvalue weighted by Gasteiger charge is 2.18. The van der Waals surface area contributed by atoms with Crippen molar-refractivity contribution in [3.05, 3.63) is 0 Å². The molecule has 6 fully saturated rings.